The van der Waals surface area contributed by atoms with Crippen LogP contribution in [0.3, 0.4) is 0 Å². The first-order valence-corrected chi connectivity index (χ1v) is 11.3. The molecule has 1 aliphatic rings. The average Bonchev–Trinajstić information content (AvgIpc) is 3.45. The maximum atomic E-state index is 13.0. The number of carbonyl (C=O) groups excluding carboxylic acids is 1. The zero-order valence-corrected chi connectivity index (χ0v) is 17.5. The summed E-state index contributed by atoms with van der Waals surface area (Å²) in [4.78, 5) is 12.6. The van der Waals surface area contributed by atoms with Gasteiger partial charge in [-0.3, -0.25) is 9.89 Å². The van der Waals surface area contributed by atoms with Crippen LogP contribution in [0.25, 0.3) is 11.5 Å². The van der Waals surface area contributed by atoms with Gasteiger partial charge in [0, 0.05) is 25.8 Å². The molecule has 1 unspecified atom stereocenters. The lowest BCUT2D eigenvalue weighted by molar-refractivity contribution is -0.126. The summed E-state index contributed by atoms with van der Waals surface area (Å²) in [5, 5.41) is 9.38. The lowest BCUT2D eigenvalue weighted by Crippen LogP contribution is -2.45. The summed E-state index contributed by atoms with van der Waals surface area (Å²) < 4.78 is 32.9. The third-order valence-electron chi connectivity index (χ3n) is 5.28. The number of aryl methyl sites for hydroxylation is 1. The minimum absolute atomic E-state index is 0.131. The Balaban J connectivity index is 1.41. The molecule has 1 amide bonds. The van der Waals surface area contributed by atoms with Crippen molar-refractivity contribution >= 4 is 15.9 Å². The van der Waals surface area contributed by atoms with Gasteiger partial charge in [0.05, 0.1) is 5.92 Å². The molecular formula is C21H24N4O4S. The number of aromatic nitrogens is 2. The number of benzene rings is 1. The Hall–Kier alpha value is -2.91. The van der Waals surface area contributed by atoms with Crippen LogP contribution in [0.2, 0.25) is 0 Å². The molecule has 1 fully saturated rings. The van der Waals surface area contributed by atoms with Crippen LogP contribution in [0, 0.1) is 12.8 Å². The minimum atomic E-state index is -3.82. The van der Waals surface area contributed by atoms with Gasteiger partial charge in [0.25, 0.3) is 10.0 Å². The first-order chi connectivity index (χ1) is 14.4. The van der Waals surface area contributed by atoms with Gasteiger partial charge >= 0.3 is 0 Å². The van der Waals surface area contributed by atoms with Gasteiger partial charge in [0.2, 0.25) is 11.0 Å². The largest absolute Gasteiger partial charge is 0.442 e. The summed E-state index contributed by atoms with van der Waals surface area (Å²) in [6.45, 7) is 2.94. The Kier molecular flexibility index (Phi) is 5.74. The van der Waals surface area contributed by atoms with E-state index in [4.69, 9.17) is 4.42 Å². The first kappa shape index (κ1) is 20.4. The van der Waals surface area contributed by atoms with Crippen LogP contribution in [0.5, 0.6) is 0 Å². The van der Waals surface area contributed by atoms with Crippen molar-refractivity contribution in [3.8, 4) is 11.5 Å². The number of nitrogens with one attached hydrogen (secondary N) is 2. The molecule has 4 rings (SSSR count). The normalized spacial score (nSPS) is 17.7. The van der Waals surface area contributed by atoms with Crippen molar-refractivity contribution in [2.24, 2.45) is 5.92 Å². The van der Waals surface area contributed by atoms with Crippen molar-refractivity contribution in [1.82, 2.24) is 19.8 Å². The first-order valence-electron chi connectivity index (χ1n) is 9.86. The molecule has 0 saturated carbocycles. The van der Waals surface area contributed by atoms with Crippen LogP contribution in [0.1, 0.15) is 24.0 Å². The van der Waals surface area contributed by atoms with Gasteiger partial charge in [0.15, 0.2) is 5.76 Å². The predicted molar refractivity (Wildman–Crippen MR) is 111 cm³/mol. The van der Waals surface area contributed by atoms with E-state index < -0.39 is 10.0 Å². The number of piperidine rings is 1. The summed E-state index contributed by atoms with van der Waals surface area (Å²) in [6, 6.07) is 12.7. The molecule has 1 aromatic carbocycles. The van der Waals surface area contributed by atoms with Crippen LogP contribution in [0.4, 0.5) is 0 Å². The second-order valence-electron chi connectivity index (χ2n) is 7.49. The van der Waals surface area contributed by atoms with Gasteiger partial charge in [-0.25, -0.2) is 8.42 Å². The van der Waals surface area contributed by atoms with E-state index in [9.17, 15) is 13.2 Å². The number of carbonyl (C=O) groups is 1. The average molecular weight is 429 g/mol. The predicted octanol–water partition coefficient (Wildman–Crippen LogP) is 2.70. The fourth-order valence-electron chi connectivity index (χ4n) is 3.54. The van der Waals surface area contributed by atoms with Gasteiger partial charge in [0.1, 0.15) is 5.69 Å². The summed E-state index contributed by atoms with van der Waals surface area (Å²) in [7, 11) is -3.82. The molecule has 0 spiro atoms. The lowest BCUT2D eigenvalue weighted by atomic mass is 9.98. The highest BCUT2D eigenvalue weighted by atomic mass is 32.2. The third kappa shape index (κ3) is 4.31. The number of furan rings is 1. The van der Waals surface area contributed by atoms with E-state index in [1.165, 1.54) is 10.4 Å². The summed E-state index contributed by atoms with van der Waals surface area (Å²) >= 11 is 0. The Bertz CT molecular complexity index is 1100. The smallest absolute Gasteiger partial charge is 0.276 e. The highest BCUT2D eigenvalue weighted by molar-refractivity contribution is 7.89. The van der Waals surface area contributed by atoms with Crippen LogP contribution in [-0.4, -0.2) is 41.9 Å². The number of hydrogen-bond donors (Lipinski definition) is 2. The Morgan fingerprint density at radius 1 is 1.23 bits per heavy atom. The molecule has 8 nitrogen and oxygen atoms in total. The van der Waals surface area contributed by atoms with Crippen molar-refractivity contribution in [2.45, 2.75) is 31.4 Å². The van der Waals surface area contributed by atoms with Crippen LogP contribution in [0.15, 0.2) is 58.2 Å². The molecule has 3 aromatic rings. The van der Waals surface area contributed by atoms with E-state index in [2.05, 4.69) is 15.5 Å². The Morgan fingerprint density at radius 3 is 2.77 bits per heavy atom. The van der Waals surface area contributed by atoms with E-state index in [0.717, 1.165) is 11.1 Å². The number of rotatable bonds is 6. The molecule has 0 bridgehead atoms. The number of H-pyrrole nitrogens is 1. The van der Waals surface area contributed by atoms with Crippen LogP contribution < -0.4 is 5.32 Å². The molecule has 1 aliphatic heterocycles. The Morgan fingerprint density at radius 2 is 2.03 bits per heavy atom. The second kappa shape index (κ2) is 8.45. The zero-order valence-electron chi connectivity index (χ0n) is 16.7. The molecule has 9 heteroatoms. The standard InChI is InChI=1S/C21H24N4O4S/c1-15-4-6-16(7-5-15)13-22-21(26)17-3-2-12-25(14-17)30(27,28)20-9-8-19(29-20)18-10-11-23-24-18/h4-11,17H,2-3,12-14H2,1H3,(H,22,26)(H,23,24). The molecule has 0 radical (unpaired) electrons. The second-order valence-corrected chi connectivity index (χ2v) is 9.36. The number of nitrogens with zero attached hydrogens (tertiary/aromatic N) is 2. The maximum Gasteiger partial charge on any atom is 0.276 e. The third-order valence-corrected chi connectivity index (χ3v) is 7.02. The highest BCUT2D eigenvalue weighted by Gasteiger charge is 2.35. The van der Waals surface area contributed by atoms with Gasteiger partial charge in [-0.15, -0.1) is 0 Å². The molecule has 2 aromatic heterocycles. The molecular weight excluding hydrogens is 404 g/mol. The fraction of sp³-hybridized carbons (Fsp3) is 0.333. The molecule has 0 aliphatic carbocycles. The van der Waals surface area contributed by atoms with Gasteiger partial charge in [-0.2, -0.15) is 9.40 Å². The van der Waals surface area contributed by atoms with Crippen molar-refractivity contribution in [1.29, 1.82) is 0 Å². The quantitative estimate of drug-likeness (QED) is 0.628. The number of sulfonamides is 1. The molecule has 1 saturated heterocycles. The van der Waals surface area contributed by atoms with E-state index in [0.29, 0.717) is 37.4 Å². The van der Waals surface area contributed by atoms with Crippen molar-refractivity contribution in [3.05, 3.63) is 59.8 Å². The summed E-state index contributed by atoms with van der Waals surface area (Å²) in [5.74, 6) is -0.121. The van der Waals surface area contributed by atoms with E-state index >= 15 is 0 Å². The maximum absolute atomic E-state index is 13.0. The van der Waals surface area contributed by atoms with E-state index in [1.807, 2.05) is 31.2 Å². The summed E-state index contributed by atoms with van der Waals surface area (Å²) in [6.07, 6.45) is 2.84. The Labute approximate surface area is 175 Å². The monoisotopic (exact) mass is 428 g/mol. The van der Waals surface area contributed by atoms with Crippen molar-refractivity contribution in [3.63, 3.8) is 0 Å². The number of aromatic amines is 1. The fourth-order valence-corrected chi connectivity index (χ4v) is 4.97. The van der Waals surface area contributed by atoms with Gasteiger partial charge < -0.3 is 9.73 Å². The van der Waals surface area contributed by atoms with Crippen molar-refractivity contribution in [2.75, 3.05) is 13.1 Å². The van der Waals surface area contributed by atoms with E-state index in [1.54, 1.807) is 18.3 Å². The van der Waals surface area contributed by atoms with Gasteiger partial charge in [-0.05, 0) is 43.5 Å². The summed E-state index contributed by atoms with van der Waals surface area (Å²) in [5.41, 5.74) is 2.77. The molecule has 2 N–H and O–H groups in total. The highest BCUT2D eigenvalue weighted by Crippen LogP contribution is 2.28. The topological polar surface area (TPSA) is 108 Å². The van der Waals surface area contributed by atoms with Crippen molar-refractivity contribution < 1.29 is 17.6 Å². The molecule has 158 valence electrons. The zero-order chi connectivity index (χ0) is 21.1. The SMILES string of the molecule is Cc1ccc(CNC(=O)C2CCCN(S(=O)(=O)c3ccc(-c4ccn[nH]4)o3)C2)cc1. The number of hydrogen-bond acceptors (Lipinski definition) is 5. The van der Waals surface area contributed by atoms with Crippen LogP contribution in [-0.2, 0) is 21.4 Å². The number of amides is 1. The minimum Gasteiger partial charge on any atom is -0.442 e. The van der Waals surface area contributed by atoms with Gasteiger partial charge in [-0.1, -0.05) is 29.8 Å². The van der Waals surface area contributed by atoms with E-state index in [-0.39, 0.29) is 23.5 Å². The lowest BCUT2D eigenvalue weighted by Gasteiger charge is -2.30. The molecule has 30 heavy (non-hydrogen) atoms. The molecule has 3 heterocycles. The van der Waals surface area contributed by atoms with Crippen LogP contribution >= 0.6 is 0 Å². The molecule has 1 atom stereocenters.